The van der Waals surface area contributed by atoms with Crippen molar-refractivity contribution in [1.82, 2.24) is 29.9 Å². The Hall–Kier alpha value is -17.4. The zero-order valence-corrected chi connectivity index (χ0v) is 82.7. The number of nitrogens with zero attached hydrogens (tertiary/aromatic N) is 10. The maximum absolute atomic E-state index is 13.1. The SMILES string of the molecule is C=Cc1ccc(-c2ccc(-c3nc(-c4ccc(N5c6ccccc6Oc6ccccc65)cc4)nc(-c4ccc(N5c6ccccc6Oc6ccccc65)cc4)n3)cc2)cc1.CCCCCCCCC(C)C(CCCCCCCOC=O)C(CCC(C)c1ccc(-c2ccc(-c3nc(-c4ccc(N5c6ccccc6Oc6ccccc65)cc4)nc(-c4ccc(N5c6ccccc6Oc6ccccc65)cc4)n3)cc2)cc1)C(=O)O. The van der Waals surface area contributed by atoms with Crippen molar-refractivity contribution >= 4 is 86.8 Å². The van der Waals surface area contributed by atoms with E-state index < -0.39 is 5.97 Å². The molecule has 0 bridgehead atoms. The van der Waals surface area contributed by atoms with E-state index >= 15 is 0 Å². The number of hydrogen-bond acceptors (Lipinski definition) is 17. The van der Waals surface area contributed by atoms with Crippen molar-refractivity contribution in [3.05, 3.63) is 406 Å². The van der Waals surface area contributed by atoms with E-state index in [0.717, 1.165) is 233 Å². The zero-order valence-electron chi connectivity index (χ0n) is 82.7. The predicted molar refractivity (Wildman–Crippen MR) is 591 cm³/mol. The third-order valence-corrected chi connectivity index (χ3v) is 28.5. The first kappa shape index (κ1) is 95.8. The average molecular weight is 1930 g/mol. The van der Waals surface area contributed by atoms with E-state index in [0.29, 0.717) is 60.4 Å². The third-order valence-electron chi connectivity index (χ3n) is 28.5. The lowest BCUT2D eigenvalue weighted by molar-refractivity contribution is -0.145. The molecule has 1 N–H and O–H groups in total. The van der Waals surface area contributed by atoms with Crippen LogP contribution in [0.3, 0.4) is 0 Å². The molecule has 4 unspecified atom stereocenters. The quantitative estimate of drug-likeness (QED) is 0.0288. The van der Waals surface area contributed by atoms with Crippen LogP contribution in [0.25, 0.3) is 96.7 Å². The topological polar surface area (TPSA) is 191 Å². The van der Waals surface area contributed by atoms with Gasteiger partial charge in [0.25, 0.3) is 6.47 Å². The fraction of sp³-hybridized carbons (Fsp3) is 0.178. The molecule has 728 valence electrons. The number of carbonyl (C=O) groups excluding carboxylic acids is 1. The predicted octanol–water partition coefficient (Wildman–Crippen LogP) is 35.1. The first-order chi connectivity index (χ1) is 72.4. The molecule has 147 heavy (non-hydrogen) atoms. The summed E-state index contributed by atoms with van der Waals surface area (Å²) in [6.07, 6.45) is 17.8. The lowest BCUT2D eigenvalue weighted by atomic mass is 9.74. The number of benzene rings is 16. The number of aromatic nitrogens is 6. The van der Waals surface area contributed by atoms with Gasteiger partial charge in [-0.15, -0.1) is 0 Å². The van der Waals surface area contributed by atoms with Crippen LogP contribution in [0, 0.1) is 17.8 Å². The molecule has 4 aliphatic heterocycles. The van der Waals surface area contributed by atoms with Crippen LogP contribution in [0.4, 0.5) is 68.2 Å². The van der Waals surface area contributed by atoms with Crippen molar-refractivity contribution in [3.63, 3.8) is 0 Å². The first-order valence-corrected chi connectivity index (χ1v) is 51.3. The Balaban J connectivity index is 0.000000184. The first-order valence-electron chi connectivity index (χ1n) is 51.3. The van der Waals surface area contributed by atoms with Crippen LogP contribution < -0.4 is 38.5 Å². The van der Waals surface area contributed by atoms with Gasteiger partial charge in [-0.3, -0.25) is 9.59 Å². The van der Waals surface area contributed by atoms with Crippen LogP contribution in [0.1, 0.15) is 134 Å². The second-order valence-corrected chi connectivity index (χ2v) is 38.0. The van der Waals surface area contributed by atoms with Crippen molar-refractivity contribution in [2.24, 2.45) is 17.8 Å². The van der Waals surface area contributed by atoms with Gasteiger partial charge in [0.1, 0.15) is 0 Å². The summed E-state index contributed by atoms with van der Waals surface area (Å²) in [5.74, 6) is 9.44. The highest BCUT2D eigenvalue weighted by atomic mass is 16.5. The van der Waals surface area contributed by atoms with Gasteiger partial charge in [-0.25, -0.2) is 29.9 Å². The van der Waals surface area contributed by atoms with E-state index in [1.807, 2.05) is 152 Å². The monoisotopic (exact) mass is 1930 g/mol. The summed E-state index contributed by atoms with van der Waals surface area (Å²) in [5.41, 5.74) is 23.5. The smallest absolute Gasteiger partial charge is 0.306 e. The molecule has 0 amide bonds. The largest absolute Gasteiger partial charge is 0.481 e. The van der Waals surface area contributed by atoms with E-state index in [1.54, 1.807) is 0 Å². The zero-order chi connectivity index (χ0) is 99.9. The highest BCUT2D eigenvalue weighted by Gasteiger charge is 2.35. The molecule has 0 radical (unpaired) electrons. The summed E-state index contributed by atoms with van der Waals surface area (Å²) in [7, 11) is 0. The summed E-state index contributed by atoms with van der Waals surface area (Å²) in [6, 6.07) is 132. The molecule has 4 aliphatic rings. The fourth-order valence-electron chi connectivity index (χ4n) is 20.5. The van der Waals surface area contributed by atoms with Crippen molar-refractivity contribution in [3.8, 4) is 137 Å². The minimum atomic E-state index is -0.662. The van der Waals surface area contributed by atoms with Crippen LogP contribution >= 0.6 is 0 Å². The van der Waals surface area contributed by atoms with Gasteiger partial charge in [-0.1, -0.05) is 298 Å². The van der Waals surface area contributed by atoms with Gasteiger partial charge in [0.15, 0.2) is 80.9 Å². The fourth-order valence-corrected chi connectivity index (χ4v) is 20.5. The second kappa shape index (κ2) is 44.6. The minimum Gasteiger partial charge on any atom is -0.481 e. The van der Waals surface area contributed by atoms with Gasteiger partial charge in [-0.05, 0) is 271 Å². The van der Waals surface area contributed by atoms with Crippen LogP contribution in [0.5, 0.6) is 46.0 Å². The summed E-state index contributed by atoms with van der Waals surface area (Å²) in [6.45, 7) is 11.6. The summed E-state index contributed by atoms with van der Waals surface area (Å²) < 4.78 is 30.1. The minimum absolute atomic E-state index is 0.140. The molecule has 18 aromatic rings. The molecular weight excluding hydrogens is 1820 g/mol. The third kappa shape index (κ3) is 21.2. The number of rotatable bonds is 36. The maximum Gasteiger partial charge on any atom is 0.306 e. The summed E-state index contributed by atoms with van der Waals surface area (Å²) in [4.78, 5) is 63.4. The molecule has 0 saturated carbocycles. The number of aliphatic carboxylic acids is 1. The molecule has 0 spiro atoms. The van der Waals surface area contributed by atoms with Crippen molar-refractivity contribution < 1.29 is 38.4 Å². The molecule has 22 rings (SSSR count). The average Bonchev–Trinajstić information content (AvgIpc) is 0.767. The van der Waals surface area contributed by atoms with E-state index in [2.05, 4.69) is 290 Å². The Morgan fingerprint density at radius 2 is 0.544 bits per heavy atom. The lowest BCUT2D eigenvalue weighted by Gasteiger charge is -2.32. The molecule has 0 saturated heterocycles. The molecule has 4 atom stereocenters. The second-order valence-electron chi connectivity index (χ2n) is 38.0. The maximum atomic E-state index is 13.1. The van der Waals surface area contributed by atoms with E-state index in [-0.39, 0.29) is 17.8 Å². The number of carboxylic acid groups (broad SMARTS) is 1. The highest BCUT2D eigenvalue weighted by molar-refractivity contribution is 5.92. The van der Waals surface area contributed by atoms with E-state index in [4.69, 9.17) is 53.6 Å². The molecule has 6 heterocycles. The Labute approximate surface area is 859 Å². The number of anilines is 12. The normalized spacial score (nSPS) is 13.1. The van der Waals surface area contributed by atoms with Gasteiger partial charge >= 0.3 is 5.97 Å². The molecule has 2 aromatic heterocycles. The summed E-state index contributed by atoms with van der Waals surface area (Å²) in [5, 5.41) is 10.8. The molecular formula is C129H114N10O8. The van der Waals surface area contributed by atoms with Crippen LogP contribution in [0.2, 0.25) is 0 Å². The lowest BCUT2D eigenvalue weighted by Crippen LogP contribution is -2.29. The van der Waals surface area contributed by atoms with Crippen LogP contribution in [0.15, 0.2) is 395 Å². The van der Waals surface area contributed by atoms with Gasteiger partial charge in [0.2, 0.25) is 0 Å². The number of carbonyl (C=O) groups is 2. The number of fused-ring (bicyclic) bond motifs is 8. The number of unbranched alkanes of at least 4 members (excludes halogenated alkanes) is 9. The van der Waals surface area contributed by atoms with Crippen molar-refractivity contribution in [2.45, 2.75) is 123 Å². The number of carboxylic acids is 1. The molecule has 18 nitrogen and oxygen atoms in total. The van der Waals surface area contributed by atoms with Gasteiger partial charge in [0, 0.05) is 56.1 Å². The highest BCUT2D eigenvalue weighted by Crippen LogP contribution is 2.56. The molecule has 18 heteroatoms. The number of para-hydroxylation sites is 16. The Kier molecular flexibility index (Phi) is 29.1. The van der Waals surface area contributed by atoms with Crippen LogP contribution in [-0.4, -0.2) is 54.1 Å². The Morgan fingerprint density at radius 1 is 0.299 bits per heavy atom. The molecule has 0 aliphatic carbocycles. The molecule has 0 fully saturated rings. The standard InChI is InChI=1S/C76H79N5O6.C53H35N5O2/c1-4-5-6-7-9-12-23-54(3)63(24-13-10-8-11-22-51-85-52-82)64(76(83)84)50-33-53(2)55-34-36-56(37-35-55)57-38-40-58(41-39-57)73-77-74(59-42-46-61(47-43-59)80-65-25-14-18-29-69(65)86-70-30-19-15-26-66(70)80)79-75(78-73)60-44-48-62(49-45-60)81-67-27-16-20-31-71(67)87-72-32-21-17-28-68(72)81;1-2-35-19-21-36(22-20-35)37-23-25-38(26-24-37)51-54-52(39-27-31-41(32-28-39)57-43-11-3-7-15-47(43)59-48-16-8-4-12-44(48)57)56-53(55-51)40-29-33-42(34-30-40)58-45-13-5-9-17-49(45)60-50-18-10-6-14-46(50)58/h14-21,25-32,34-49,52-54,63-64H,4-13,22-24,33,50-51H2,1-3H3,(H,83,84);2-34H,1H2. The van der Waals surface area contributed by atoms with Gasteiger partial charge in [0.05, 0.1) is 58.0 Å². The van der Waals surface area contributed by atoms with E-state index in [1.165, 1.54) is 37.7 Å². The number of ether oxygens (including phenoxy) is 5. The van der Waals surface area contributed by atoms with Gasteiger partial charge < -0.3 is 48.4 Å². The van der Waals surface area contributed by atoms with Crippen LogP contribution in [-0.2, 0) is 14.3 Å². The Bertz CT molecular complexity index is 7180. The number of hydrogen-bond donors (Lipinski definition) is 1. The van der Waals surface area contributed by atoms with E-state index in [9.17, 15) is 14.7 Å². The van der Waals surface area contributed by atoms with Crippen molar-refractivity contribution in [1.29, 1.82) is 0 Å². The Morgan fingerprint density at radius 3 is 0.823 bits per heavy atom. The molecule has 16 aromatic carbocycles. The van der Waals surface area contributed by atoms with Crippen molar-refractivity contribution in [2.75, 3.05) is 26.2 Å². The summed E-state index contributed by atoms with van der Waals surface area (Å²) >= 11 is 0. The van der Waals surface area contributed by atoms with Gasteiger partial charge in [-0.2, -0.15) is 0 Å².